The van der Waals surface area contributed by atoms with Crippen molar-refractivity contribution in [2.45, 2.75) is 58.3 Å². The Labute approximate surface area is 127 Å². The van der Waals surface area contributed by atoms with E-state index in [0.717, 1.165) is 37.1 Å². The molecule has 0 bridgehead atoms. The SMILES string of the molecule is CCC1(C(=O)Nc2cccc(COC(C)C)c2)CCCN1. The van der Waals surface area contributed by atoms with E-state index in [4.69, 9.17) is 4.74 Å². The van der Waals surface area contributed by atoms with Gasteiger partial charge in [0.25, 0.3) is 0 Å². The first-order valence-electron chi connectivity index (χ1n) is 7.83. The predicted octanol–water partition coefficient (Wildman–Crippen LogP) is 3.08. The van der Waals surface area contributed by atoms with Gasteiger partial charge in [-0.15, -0.1) is 0 Å². The smallest absolute Gasteiger partial charge is 0.244 e. The summed E-state index contributed by atoms with van der Waals surface area (Å²) in [5, 5.41) is 6.40. The van der Waals surface area contributed by atoms with Crippen molar-refractivity contribution in [1.82, 2.24) is 5.32 Å². The van der Waals surface area contributed by atoms with E-state index >= 15 is 0 Å². The van der Waals surface area contributed by atoms with Crippen LogP contribution in [0.1, 0.15) is 45.6 Å². The quantitative estimate of drug-likeness (QED) is 0.846. The van der Waals surface area contributed by atoms with Crippen molar-refractivity contribution < 1.29 is 9.53 Å². The van der Waals surface area contributed by atoms with Crippen LogP contribution < -0.4 is 10.6 Å². The van der Waals surface area contributed by atoms with E-state index in [1.165, 1.54) is 0 Å². The number of amides is 1. The first-order valence-corrected chi connectivity index (χ1v) is 7.83. The van der Waals surface area contributed by atoms with Crippen molar-refractivity contribution in [3.8, 4) is 0 Å². The summed E-state index contributed by atoms with van der Waals surface area (Å²) in [5.74, 6) is 0.0735. The third-order valence-electron chi connectivity index (χ3n) is 4.05. The van der Waals surface area contributed by atoms with Crippen LogP contribution in [0.3, 0.4) is 0 Å². The second kappa shape index (κ2) is 7.05. The fourth-order valence-corrected chi connectivity index (χ4v) is 2.71. The number of nitrogens with one attached hydrogen (secondary N) is 2. The van der Waals surface area contributed by atoms with Crippen LogP contribution in [0.5, 0.6) is 0 Å². The van der Waals surface area contributed by atoms with Gasteiger partial charge in [0.1, 0.15) is 0 Å². The monoisotopic (exact) mass is 290 g/mol. The molecule has 4 heteroatoms. The van der Waals surface area contributed by atoms with Gasteiger partial charge in [0, 0.05) is 5.69 Å². The molecule has 116 valence electrons. The zero-order valence-corrected chi connectivity index (χ0v) is 13.2. The lowest BCUT2D eigenvalue weighted by atomic mass is 9.93. The van der Waals surface area contributed by atoms with Crippen molar-refractivity contribution >= 4 is 11.6 Å². The number of anilines is 1. The van der Waals surface area contributed by atoms with E-state index in [2.05, 4.69) is 17.6 Å². The lowest BCUT2D eigenvalue weighted by Crippen LogP contribution is -2.50. The van der Waals surface area contributed by atoms with Crippen LogP contribution in [0.4, 0.5) is 5.69 Å². The Bertz CT molecular complexity index is 479. The van der Waals surface area contributed by atoms with Crippen molar-refractivity contribution in [1.29, 1.82) is 0 Å². The highest BCUT2D eigenvalue weighted by molar-refractivity contribution is 5.98. The molecule has 4 nitrogen and oxygen atoms in total. The second-order valence-electron chi connectivity index (χ2n) is 5.98. The molecule has 0 radical (unpaired) electrons. The van der Waals surface area contributed by atoms with E-state index in [1.54, 1.807) is 0 Å². The third-order valence-corrected chi connectivity index (χ3v) is 4.05. The average Bonchev–Trinajstić information content (AvgIpc) is 2.96. The number of rotatable bonds is 6. The summed E-state index contributed by atoms with van der Waals surface area (Å²) in [6, 6.07) is 7.88. The molecule has 1 amide bonds. The minimum atomic E-state index is -0.398. The molecule has 1 fully saturated rings. The average molecular weight is 290 g/mol. The van der Waals surface area contributed by atoms with Crippen LogP contribution in [-0.4, -0.2) is 24.1 Å². The van der Waals surface area contributed by atoms with Gasteiger partial charge in [-0.25, -0.2) is 0 Å². The van der Waals surface area contributed by atoms with Gasteiger partial charge >= 0.3 is 0 Å². The van der Waals surface area contributed by atoms with Crippen LogP contribution >= 0.6 is 0 Å². The van der Waals surface area contributed by atoms with Crippen LogP contribution in [0.25, 0.3) is 0 Å². The predicted molar refractivity (Wildman–Crippen MR) is 85.3 cm³/mol. The molecule has 21 heavy (non-hydrogen) atoms. The van der Waals surface area contributed by atoms with E-state index in [1.807, 2.05) is 38.1 Å². The Morgan fingerprint density at radius 1 is 1.48 bits per heavy atom. The molecular weight excluding hydrogens is 264 g/mol. The summed E-state index contributed by atoms with van der Waals surface area (Å²) in [6.45, 7) is 7.58. The fourth-order valence-electron chi connectivity index (χ4n) is 2.71. The molecule has 1 aromatic rings. The van der Waals surface area contributed by atoms with Gasteiger partial charge in [0.2, 0.25) is 5.91 Å². The lowest BCUT2D eigenvalue weighted by Gasteiger charge is -2.26. The zero-order chi connectivity index (χ0) is 15.3. The minimum absolute atomic E-state index is 0.0735. The minimum Gasteiger partial charge on any atom is -0.374 e. The summed E-state index contributed by atoms with van der Waals surface area (Å²) < 4.78 is 5.60. The van der Waals surface area contributed by atoms with Crippen LogP contribution in [-0.2, 0) is 16.1 Å². The number of carbonyl (C=O) groups is 1. The van der Waals surface area contributed by atoms with Crippen molar-refractivity contribution in [3.63, 3.8) is 0 Å². The molecule has 1 saturated heterocycles. The van der Waals surface area contributed by atoms with Gasteiger partial charge in [0.05, 0.1) is 18.2 Å². The number of benzene rings is 1. The Balaban J connectivity index is 2.02. The highest BCUT2D eigenvalue weighted by atomic mass is 16.5. The highest BCUT2D eigenvalue weighted by Crippen LogP contribution is 2.25. The maximum Gasteiger partial charge on any atom is 0.244 e. The molecule has 1 heterocycles. The number of carbonyl (C=O) groups excluding carboxylic acids is 1. The van der Waals surface area contributed by atoms with Crippen LogP contribution in [0, 0.1) is 0 Å². The molecule has 0 aliphatic carbocycles. The number of ether oxygens (including phenoxy) is 1. The summed E-state index contributed by atoms with van der Waals surface area (Å²) in [6.07, 6.45) is 2.98. The second-order valence-corrected chi connectivity index (χ2v) is 5.98. The lowest BCUT2D eigenvalue weighted by molar-refractivity contribution is -0.122. The number of hydrogen-bond donors (Lipinski definition) is 2. The molecule has 0 spiro atoms. The first-order chi connectivity index (χ1) is 10.1. The van der Waals surface area contributed by atoms with Crippen molar-refractivity contribution in [2.75, 3.05) is 11.9 Å². The summed E-state index contributed by atoms with van der Waals surface area (Å²) >= 11 is 0. The van der Waals surface area contributed by atoms with Gasteiger partial charge in [0.15, 0.2) is 0 Å². The van der Waals surface area contributed by atoms with Crippen LogP contribution in [0.2, 0.25) is 0 Å². The van der Waals surface area contributed by atoms with Crippen molar-refractivity contribution in [3.05, 3.63) is 29.8 Å². The molecule has 0 saturated carbocycles. The van der Waals surface area contributed by atoms with Gasteiger partial charge in [-0.05, 0) is 57.4 Å². The van der Waals surface area contributed by atoms with E-state index in [9.17, 15) is 4.79 Å². The molecular formula is C17H26N2O2. The van der Waals surface area contributed by atoms with Gasteiger partial charge < -0.3 is 15.4 Å². The molecule has 0 aromatic heterocycles. The van der Waals surface area contributed by atoms with Crippen molar-refractivity contribution in [2.24, 2.45) is 0 Å². The molecule has 1 aliphatic rings. The maximum absolute atomic E-state index is 12.5. The largest absolute Gasteiger partial charge is 0.374 e. The van der Waals surface area contributed by atoms with Gasteiger partial charge in [-0.2, -0.15) is 0 Å². The van der Waals surface area contributed by atoms with Crippen LogP contribution in [0.15, 0.2) is 24.3 Å². The fraction of sp³-hybridized carbons (Fsp3) is 0.588. The summed E-state index contributed by atoms with van der Waals surface area (Å²) in [5.41, 5.74) is 1.52. The Morgan fingerprint density at radius 2 is 2.29 bits per heavy atom. The summed E-state index contributed by atoms with van der Waals surface area (Å²) in [4.78, 5) is 12.5. The molecule has 1 unspecified atom stereocenters. The maximum atomic E-state index is 12.5. The van der Waals surface area contributed by atoms with E-state index in [0.29, 0.717) is 6.61 Å². The standard InChI is InChI=1S/C17H26N2O2/c1-4-17(9-6-10-18-17)16(20)19-15-8-5-7-14(11-15)12-21-13(2)3/h5,7-8,11,13,18H,4,6,9-10,12H2,1-3H3,(H,19,20). The van der Waals surface area contributed by atoms with Gasteiger partial charge in [-0.1, -0.05) is 19.1 Å². The molecule has 2 N–H and O–H groups in total. The normalized spacial score (nSPS) is 21.7. The Hall–Kier alpha value is -1.39. The first kappa shape index (κ1) is 16.0. The zero-order valence-electron chi connectivity index (χ0n) is 13.2. The topological polar surface area (TPSA) is 50.4 Å². The Kier molecular flexibility index (Phi) is 5.37. The van der Waals surface area contributed by atoms with E-state index < -0.39 is 5.54 Å². The van der Waals surface area contributed by atoms with E-state index in [-0.39, 0.29) is 12.0 Å². The molecule has 2 rings (SSSR count). The molecule has 1 aliphatic heterocycles. The Morgan fingerprint density at radius 3 is 2.90 bits per heavy atom. The summed E-state index contributed by atoms with van der Waals surface area (Å²) in [7, 11) is 0. The number of hydrogen-bond acceptors (Lipinski definition) is 3. The molecule has 1 aromatic carbocycles. The third kappa shape index (κ3) is 4.05. The molecule has 1 atom stereocenters. The highest BCUT2D eigenvalue weighted by Gasteiger charge is 2.38. The van der Waals surface area contributed by atoms with Gasteiger partial charge in [-0.3, -0.25) is 4.79 Å².